The summed E-state index contributed by atoms with van der Waals surface area (Å²) in [4.78, 5) is 15.9. The molecule has 1 heterocycles. The maximum absolute atomic E-state index is 12.8. The van der Waals surface area contributed by atoms with Crippen LogP contribution in [0.15, 0.2) is 69.5 Å². The van der Waals surface area contributed by atoms with Gasteiger partial charge in [-0.15, -0.1) is 0 Å². The van der Waals surface area contributed by atoms with E-state index in [-0.39, 0.29) is 16.6 Å². The van der Waals surface area contributed by atoms with E-state index in [1.165, 1.54) is 44.6 Å². The fourth-order valence-electron chi connectivity index (χ4n) is 2.47. The van der Waals surface area contributed by atoms with Gasteiger partial charge in [-0.25, -0.2) is 8.42 Å². The molecule has 1 aromatic rings. The summed E-state index contributed by atoms with van der Waals surface area (Å²) in [5.74, 6) is 0.692. The summed E-state index contributed by atoms with van der Waals surface area (Å²) in [6.07, 6.45) is 2.72. The Kier molecular flexibility index (Phi) is 7.22. The van der Waals surface area contributed by atoms with Crippen LogP contribution in [-0.4, -0.2) is 34.4 Å². The van der Waals surface area contributed by atoms with Crippen molar-refractivity contribution in [1.82, 2.24) is 4.72 Å². The third-order valence-electron chi connectivity index (χ3n) is 4.15. The highest BCUT2D eigenvalue weighted by atomic mass is 32.2. The second-order valence-electron chi connectivity index (χ2n) is 6.45. The predicted octanol–water partition coefficient (Wildman–Crippen LogP) is 3.08. The Bertz CT molecular complexity index is 989. The lowest BCUT2D eigenvalue weighted by Crippen LogP contribution is -2.24. The number of rotatable bonds is 6. The number of nitrogens with zero attached hydrogens (tertiary/aromatic N) is 1. The number of nitrogens with one attached hydrogen (secondary N) is 2. The Morgan fingerprint density at radius 3 is 2.34 bits per heavy atom. The van der Waals surface area contributed by atoms with Crippen LogP contribution in [0.1, 0.15) is 26.7 Å². The lowest BCUT2D eigenvalue weighted by Gasteiger charge is -2.16. The quantitative estimate of drug-likeness (QED) is 0.689. The molecule has 8 nitrogen and oxygen atoms in total. The number of aliphatic imine (C=N–C) groups is 1. The molecular weight excluding hydrogens is 394 g/mol. The highest BCUT2D eigenvalue weighted by Gasteiger charge is 2.18. The molecule has 29 heavy (non-hydrogen) atoms. The molecule has 0 radical (unpaired) electrons. The minimum absolute atomic E-state index is 0.0163. The summed E-state index contributed by atoms with van der Waals surface area (Å²) < 4.78 is 38.6. The summed E-state index contributed by atoms with van der Waals surface area (Å²) in [7, 11) is -0.917. The minimum atomic E-state index is -3.92. The van der Waals surface area contributed by atoms with Crippen molar-refractivity contribution >= 4 is 27.5 Å². The molecule has 2 rings (SSSR count). The van der Waals surface area contributed by atoms with Crippen molar-refractivity contribution in [2.45, 2.75) is 31.6 Å². The van der Waals surface area contributed by atoms with Gasteiger partial charge in [-0.2, -0.15) is 4.99 Å². The average molecular weight is 420 g/mol. The van der Waals surface area contributed by atoms with Crippen molar-refractivity contribution in [3.8, 4) is 0 Å². The van der Waals surface area contributed by atoms with Crippen LogP contribution in [0.2, 0.25) is 0 Å². The van der Waals surface area contributed by atoms with E-state index in [4.69, 9.17) is 9.47 Å². The molecule has 0 aromatic heterocycles. The number of carbonyl (C=O) groups excluding carboxylic acids is 1. The van der Waals surface area contributed by atoms with Crippen LogP contribution in [0.3, 0.4) is 0 Å². The van der Waals surface area contributed by atoms with E-state index in [9.17, 15) is 13.2 Å². The van der Waals surface area contributed by atoms with Gasteiger partial charge in [0.25, 0.3) is 15.9 Å². The second kappa shape index (κ2) is 9.42. The molecule has 0 bridgehead atoms. The minimum Gasteiger partial charge on any atom is -0.497 e. The summed E-state index contributed by atoms with van der Waals surface area (Å²) in [6.45, 7) is 7.04. The van der Waals surface area contributed by atoms with E-state index in [0.717, 1.165) is 5.57 Å². The van der Waals surface area contributed by atoms with Crippen molar-refractivity contribution in [2.24, 2.45) is 4.99 Å². The number of hydrogen-bond donors (Lipinski definition) is 2. The van der Waals surface area contributed by atoms with E-state index < -0.39 is 10.0 Å². The van der Waals surface area contributed by atoms with E-state index >= 15 is 0 Å². The lowest BCUT2D eigenvalue weighted by molar-refractivity contribution is -0.112. The molecule has 2 N–H and O–H groups in total. The molecule has 9 heteroatoms. The first-order valence-corrected chi connectivity index (χ1v) is 10.3. The number of carbonyl (C=O) groups is 1. The Morgan fingerprint density at radius 2 is 1.79 bits per heavy atom. The molecule has 0 saturated carbocycles. The number of sulfonamides is 1. The Labute approximate surface area is 171 Å². The number of anilines is 1. The Balaban J connectivity index is 2.30. The van der Waals surface area contributed by atoms with Gasteiger partial charge >= 0.3 is 0 Å². The van der Waals surface area contributed by atoms with Crippen LogP contribution in [0.4, 0.5) is 5.69 Å². The fraction of sp³-hybridized carbons (Fsp3) is 0.300. The highest BCUT2D eigenvalue weighted by Crippen LogP contribution is 2.20. The molecule has 1 aliphatic heterocycles. The molecule has 1 aromatic carbocycles. The normalized spacial score (nSPS) is 17.2. The summed E-state index contributed by atoms with van der Waals surface area (Å²) in [5, 5.41) is 2.62. The van der Waals surface area contributed by atoms with Crippen LogP contribution >= 0.6 is 0 Å². The molecular formula is C20H25N3O5S. The van der Waals surface area contributed by atoms with Crippen LogP contribution in [0, 0.1) is 0 Å². The van der Waals surface area contributed by atoms with Gasteiger partial charge in [-0.3, -0.25) is 9.52 Å². The van der Waals surface area contributed by atoms with Crippen LogP contribution in [0.5, 0.6) is 0 Å². The summed E-state index contributed by atoms with van der Waals surface area (Å²) in [5.41, 5.74) is 1.76. The van der Waals surface area contributed by atoms with Crippen molar-refractivity contribution in [2.75, 3.05) is 19.5 Å². The Hall–Kier alpha value is -3.07. The van der Waals surface area contributed by atoms with E-state index in [0.29, 0.717) is 35.8 Å². The summed E-state index contributed by atoms with van der Waals surface area (Å²) in [6, 6.07) is 5.77. The van der Waals surface area contributed by atoms with Gasteiger partial charge in [0.2, 0.25) is 0 Å². The topological polar surface area (TPSA) is 106 Å². The van der Waals surface area contributed by atoms with E-state index in [1.54, 1.807) is 6.92 Å². The number of methoxy groups -OCH3 is 2. The average Bonchev–Trinajstić information content (AvgIpc) is 2.67. The number of hydrogen-bond acceptors (Lipinski definition) is 6. The smallest absolute Gasteiger partial charge is 0.263 e. The molecule has 0 atom stereocenters. The first-order valence-electron chi connectivity index (χ1n) is 8.83. The first-order chi connectivity index (χ1) is 13.7. The molecule has 1 amide bonds. The molecule has 0 aliphatic carbocycles. The van der Waals surface area contributed by atoms with E-state index in [2.05, 4.69) is 21.6 Å². The number of amides is 1. The summed E-state index contributed by atoms with van der Waals surface area (Å²) >= 11 is 0. The van der Waals surface area contributed by atoms with Gasteiger partial charge in [-0.05, 0) is 50.1 Å². The fourth-order valence-corrected chi connectivity index (χ4v) is 3.46. The zero-order chi connectivity index (χ0) is 21.6. The standard InChI is InChI=1S/C20H25N3O5S/c1-13(2)20(24)21-15-7-9-16(10-8-15)29(25,26)23-18-12-17(27-4)14(3)6-11-19(22-18)28-5/h7-10,12,23H,1,6,11H2,2-5H3,(H,21,24)/b17-14-,18-12?,22-19?. The second-order valence-corrected chi connectivity index (χ2v) is 8.13. The number of allylic oxidation sites excluding steroid dienone is 2. The van der Waals surface area contributed by atoms with Gasteiger partial charge in [-0.1, -0.05) is 6.58 Å². The third kappa shape index (κ3) is 5.95. The Morgan fingerprint density at radius 1 is 1.14 bits per heavy atom. The van der Waals surface area contributed by atoms with Gasteiger partial charge in [0, 0.05) is 23.8 Å². The van der Waals surface area contributed by atoms with Crippen molar-refractivity contribution in [3.63, 3.8) is 0 Å². The zero-order valence-corrected chi connectivity index (χ0v) is 17.7. The van der Waals surface area contributed by atoms with Crippen LogP contribution in [-0.2, 0) is 24.3 Å². The molecule has 1 aliphatic rings. The van der Waals surface area contributed by atoms with Crippen molar-refractivity contribution < 1.29 is 22.7 Å². The van der Waals surface area contributed by atoms with Crippen LogP contribution < -0.4 is 10.0 Å². The molecule has 0 unspecified atom stereocenters. The van der Waals surface area contributed by atoms with Gasteiger partial charge in [0.05, 0.1) is 19.1 Å². The van der Waals surface area contributed by atoms with Crippen molar-refractivity contribution in [1.29, 1.82) is 0 Å². The van der Waals surface area contributed by atoms with Gasteiger partial charge < -0.3 is 14.8 Å². The SMILES string of the molecule is C=C(C)C(=O)Nc1ccc(S(=O)(=O)NC2=C/C(OC)=C(\C)CCC(OC)=N2)cc1. The molecule has 0 saturated heterocycles. The molecule has 156 valence electrons. The largest absolute Gasteiger partial charge is 0.497 e. The van der Waals surface area contributed by atoms with Crippen LogP contribution in [0.25, 0.3) is 0 Å². The maximum Gasteiger partial charge on any atom is 0.263 e. The molecule has 0 spiro atoms. The lowest BCUT2D eigenvalue weighted by atomic mass is 10.1. The zero-order valence-electron chi connectivity index (χ0n) is 16.9. The maximum atomic E-state index is 12.8. The first kappa shape index (κ1) is 22.2. The highest BCUT2D eigenvalue weighted by molar-refractivity contribution is 7.89. The van der Waals surface area contributed by atoms with Gasteiger partial charge in [0.1, 0.15) is 11.6 Å². The van der Waals surface area contributed by atoms with Crippen molar-refractivity contribution in [3.05, 3.63) is 59.6 Å². The predicted molar refractivity (Wildman–Crippen MR) is 112 cm³/mol. The molecule has 0 fully saturated rings. The third-order valence-corrected chi connectivity index (χ3v) is 5.52. The van der Waals surface area contributed by atoms with Gasteiger partial charge in [0.15, 0.2) is 5.90 Å². The van der Waals surface area contributed by atoms with E-state index in [1.807, 2.05) is 6.92 Å². The number of benzene rings is 1. The number of ether oxygens (including phenoxy) is 2. The monoisotopic (exact) mass is 419 g/mol.